The topological polar surface area (TPSA) is 58.6 Å². The van der Waals surface area contributed by atoms with Gasteiger partial charge in [-0.25, -0.2) is 8.78 Å². The summed E-state index contributed by atoms with van der Waals surface area (Å²) in [7, 11) is 1.38. The first-order valence-corrected chi connectivity index (χ1v) is 9.03. The van der Waals surface area contributed by atoms with E-state index < -0.39 is 17.5 Å². The molecule has 2 fully saturated rings. The van der Waals surface area contributed by atoms with Crippen molar-refractivity contribution in [1.82, 2.24) is 10.2 Å². The van der Waals surface area contributed by atoms with Gasteiger partial charge in [0.15, 0.2) is 0 Å². The zero-order valence-electron chi connectivity index (χ0n) is 14.8. The van der Waals surface area contributed by atoms with Crippen molar-refractivity contribution < 1.29 is 23.1 Å². The van der Waals surface area contributed by atoms with E-state index in [1.165, 1.54) is 20.0 Å². The summed E-state index contributed by atoms with van der Waals surface area (Å²) in [6.45, 7) is 1.25. The summed E-state index contributed by atoms with van der Waals surface area (Å²) in [4.78, 5) is 26.1. The van der Waals surface area contributed by atoms with Crippen molar-refractivity contribution >= 4 is 11.9 Å². The highest BCUT2D eigenvalue weighted by Crippen LogP contribution is 2.35. The van der Waals surface area contributed by atoms with Crippen molar-refractivity contribution in [2.75, 3.05) is 20.2 Å². The van der Waals surface area contributed by atoms with E-state index in [0.29, 0.717) is 18.9 Å². The lowest BCUT2D eigenvalue weighted by Gasteiger charge is -2.30. The van der Waals surface area contributed by atoms with E-state index in [1.54, 1.807) is 0 Å². The summed E-state index contributed by atoms with van der Waals surface area (Å²) < 4.78 is 31.8. The molecule has 0 aromatic heterocycles. The average molecular weight is 366 g/mol. The largest absolute Gasteiger partial charge is 0.469 e. The summed E-state index contributed by atoms with van der Waals surface area (Å²) in [5.41, 5.74) is -0.289. The van der Waals surface area contributed by atoms with E-state index in [1.807, 2.05) is 0 Å². The number of methoxy groups -OCH3 is 1. The number of nitrogens with zero attached hydrogens (tertiary/aromatic N) is 1. The molecule has 3 rings (SSSR count). The molecule has 5 nitrogen and oxygen atoms in total. The van der Waals surface area contributed by atoms with Crippen molar-refractivity contribution in [3.63, 3.8) is 0 Å². The maximum atomic E-state index is 13.7. The molecule has 142 valence electrons. The number of esters is 1. The first-order valence-electron chi connectivity index (χ1n) is 9.03. The van der Waals surface area contributed by atoms with E-state index in [0.717, 1.165) is 37.6 Å². The fourth-order valence-corrected chi connectivity index (χ4v) is 3.60. The lowest BCUT2D eigenvalue weighted by atomic mass is 10.1. The number of hydrogen-bond donors (Lipinski definition) is 1. The Labute approximate surface area is 151 Å². The molecule has 1 amide bonds. The van der Waals surface area contributed by atoms with Crippen LogP contribution in [0.4, 0.5) is 8.78 Å². The van der Waals surface area contributed by atoms with Crippen molar-refractivity contribution in [2.45, 2.75) is 44.2 Å². The van der Waals surface area contributed by atoms with Crippen LogP contribution in [0.25, 0.3) is 0 Å². The van der Waals surface area contributed by atoms with Crippen LogP contribution in [-0.2, 0) is 9.53 Å². The van der Waals surface area contributed by atoms with Gasteiger partial charge in [-0.3, -0.25) is 14.5 Å². The monoisotopic (exact) mass is 366 g/mol. The van der Waals surface area contributed by atoms with Crippen LogP contribution >= 0.6 is 0 Å². The smallest absolute Gasteiger partial charge is 0.307 e. The van der Waals surface area contributed by atoms with Gasteiger partial charge in [0, 0.05) is 25.2 Å². The Hall–Kier alpha value is -2.02. The number of likely N-dealkylation sites (tertiary alicyclic amines) is 1. The molecule has 0 unspecified atom stereocenters. The number of amides is 1. The fraction of sp³-hybridized carbons (Fsp3) is 0.579. The third kappa shape index (κ3) is 4.58. The Morgan fingerprint density at radius 2 is 1.92 bits per heavy atom. The summed E-state index contributed by atoms with van der Waals surface area (Å²) in [6, 6.07) is 3.03. The van der Waals surface area contributed by atoms with Crippen LogP contribution in [0.1, 0.15) is 42.5 Å². The van der Waals surface area contributed by atoms with Crippen molar-refractivity contribution in [3.8, 4) is 0 Å². The van der Waals surface area contributed by atoms with Gasteiger partial charge in [-0.2, -0.15) is 0 Å². The molecule has 1 saturated heterocycles. The normalized spacial score (nSPS) is 23.0. The van der Waals surface area contributed by atoms with Gasteiger partial charge in [-0.15, -0.1) is 0 Å². The Morgan fingerprint density at radius 1 is 1.19 bits per heavy atom. The number of carbonyl (C=O) groups excluding carboxylic acids is 2. The minimum absolute atomic E-state index is 0.0887. The van der Waals surface area contributed by atoms with Crippen LogP contribution in [0.3, 0.4) is 0 Å². The number of hydrogen-bond acceptors (Lipinski definition) is 4. The van der Waals surface area contributed by atoms with Gasteiger partial charge in [-0.05, 0) is 49.8 Å². The van der Waals surface area contributed by atoms with Crippen LogP contribution in [0.5, 0.6) is 0 Å². The SMILES string of the molecule is COC(=O)C[C@H]1CC[C@@H](CNC(=O)c2cc(F)ccc2F)N1CC1CC1. The standard InChI is InChI=1S/C19H24F2N2O3/c1-26-18(24)9-14-5-6-15(23(14)11-12-2-3-12)10-22-19(25)16-8-13(20)4-7-17(16)21/h4,7-8,12,14-15H,2-3,5-6,9-11H2,1H3,(H,22,25)/t14-,15+/m1/s1. The average Bonchev–Trinajstić information content (AvgIpc) is 3.37. The summed E-state index contributed by atoms with van der Waals surface area (Å²) in [5.74, 6) is -1.60. The van der Waals surface area contributed by atoms with Crippen LogP contribution < -0.4 is 5.32 Å². The van der Waals surface area contributed by atoms with E-state index in [-0.39, 0.29) is 23.6 Å². The Bertz CT molecular complexity index is 679. The van der Waals surface area contributed by atoms with Gasteiger partial charge in [0.1, 0.15) is 11.6 Å². The number of carbonyl (C=O) groups is 2. The molecule has 2 aliphatic rings. The van der Waals surface area contributed by atoms with Crippen LogP contribution in [0.15, 0.2) is 18.2 Å². The highest BCUT2D eigenvalue weighted by molar-refractivity contribution is 5.94. The Balaban J connectivity index is 1.61. The second kappa shape index (κ2) is 8.12. The molecule has 1 N–H and O–H groups in total. The summed E-state index contributed by atoms with van der Waals surface area (Å²) >= 11 is 0. The molecule has 2 atom stereocenters. The van der Waals surface area contributed by atoms with Crippen molar-refractivity contribution in [2.24, 2.45) is 5.92 Å². The van der Waals surface area contributed by atoms with Gasteiger partial charge in [0.05, 0.1) is 19.1 Å². The molecule has 1 aromatic rings. The van der Waals surface area contributed by atoms with E-state index in [2.05, 4.69) is 10.2 Å². The van der Waals surface area contributed by atoms with Crippen LogP contribution in [0.2, 0.25) is 0 Å². The minimum Gasteiger partial charge on any atom is -0.469 e. The van der Waals surface area contributed by atoms with E-state index in [9.17, 15) is 18.4 Å². The minimum atomic E-state index is -0.742. The second-order valence-corrected chi connectivity index (χ2v) is 7.14. The third-order valence-electron chi connectivity index (χ3n) is 5.24. The Kier molecular flexibility index (Phi) is 5.86. The molecule has 1 saturated carbocycles. The predicted molar refractivity (Wildman–Crippen MR) is 91.6 cm³/mol. The lowest BCUT2D eigenvalue weighted by molar-refractivity contribution is -0.141. The Morgan fingerprint density at radius 3 is 2.62 bits per heavy atom. The molecule has 1 heterocycles. The van der Waals surface area contributed by atoms with E-state index >= 15 is 0 Å². The molecule has 1 aliphatic heterocycles. The van der Waals surface area contributed by atoms with Crippen molar-refractivity contribution in [1.29, 1.82) is 0 Å². The third-order valence-corrected chi connectivity index (χ3v) is 5.24. The zero-order valence-corrected chi connectivity index (χ0v) is 14.8. The number of ether oxygens (including phenoxy) is 1. The molecule has 1 aliphatic carbocycles. The number of rotatable bonds is 7. The van der Waals surface area contributed by atoms with Gasteiger partial charge in [0.25, 0.3) is 5.91 Å². The van der Waals surface area contributed by atoms with Gasteiger partial charge >= 0.3 is 5.97 Å². The molecule has 7 heteroatoms. The number of halogens is 2. The van der Waals surface area contributed by atoms with Crippen molar-refractivity contribution in [3.05, 3.63) is 35.4 Å². The van der Waals surface area contributed by atoms with Crippen LogP contribution in [0, 0.1) is 17.6 Å². The first kappa shape index (κ1) is 18.8. The van der Waals surface area contributed by atoms with E-state index in [4.69, 9.17) is 4.74 Å². The molecule has 0 bridgehead atoms. The van der Waals surface area contributed by atoms with Crippen LogP contribution in [-0.4, -0.2) is 49.1 Å². The molecular weight excluding hydrogens is 342 g/mol. The first-order chi connectivity index (χ1) is 12.5. The molecular formula is C19H24F2N2O3. The number of nitrogens with one attached hydrogen (secondary N) is 1. The molecule has 0 spiro atoms. The fourth-order valence-electron chi connectivity index (χ4n) is 3.60. The quantitative estimate of drug-likeness (QED) is 0.754. The second-order valence-electron chi connectivity index (χ2n) is 7.14. The summed E-state index contributed by atoms with van der Waals surface area (Å²) in [5, 5.41) is 2.72. The maximum Gasteiger partial charge on any atom is 0.307 e. The van der Waals surface area contributed by atoms with Gasteiger partial charge < -0.3 is 10.1 Å². The maximum absolute atomic E-state index is 13.7. The highest BCUT2D eigenvalue weighted by Gasteiger charge is 2.38. The summed E-state index contributed by atoms with van der Waals surface area (Å²) in [6.07, 6.45) is 4.42. The highest BCUT2D eigenvalue weighted by atomic mass is 19.1. The molecule has 26 heavy (non-hydrogen) atoms. The predicted octanol–water partition coefficient (Wildman–Crippen LogP) is 2.50. The molecule has 0 radical (unpaired) electrons. The van der Waals surface area contributed by atoms with Gasteiger partial charge in [-0.1, -0.05) is 0 Å². The zero-order chi connectivity index (χ0) is 18.7. The van der Waals surface area contributed by atoms with Gasteiger partial charge in [0.2, 0.25) is 0 Å². The molecule has 1 aromatic carbocycles. The lowest BCUT2D eigenvalue weighted by Crippen LogP contribution is -2.45. The number of benzene rings is 1.